The normalized spacial score (nSPS) is 14.5. The molecule has 4 nitrogen and oxygen atoms in total. The van der Waals surface area contributed by atoms with Crippen LogP contribution in [0.3, 0.4) is 0 Å². The molecule has 0 saturated carbocycles. The molecule has 0 heterocycles. The molecule has 0 bridgehead atoms. The Morgan fingerprint density at radius 1 is 1.13 bits per heavy atom. The molecule has 0 aliphatic carbocycles. The van der Waals surface area contributed by atoms with Gasteiger partial charge in [0.2, 0.25) is 0 Å². The molecule has 2 atom stereocenters. The molecule has 124 valence electrons. The number of aliphatic hydroxyl groups excluding tert-OH is 1. The Morgan fingerprint density at radius 3 is 2.17 bits per heavy atom. The molecule has 0 radical (unpaired) electrons. The highest BCUT2D eigenvalue weighted by Crippen LogP contribution is 2.26. The lowest BCUT2D eigenvalue weighted by molar-refractivity contribution is 0.132. The Kier molecular flexibility index (Phi) is 5.19. The van der Waals surface area contributed by atoms with E-state index in [0.717, 1.165) is 11.1 Å². The first-order valence-corrected chi connectivity index (χ1v) is 9.04. The van der Waals surface area contributed by atoms with Gasteiger partial charge in [-0.3, -0.25) is 0 Å². The van der Waals surface area contributed by atoms with E-state index >= 15 is 0 Å². The topological polar surface area (TPSA) is 80.4 Å². The number of aryl methyl sites for hydroxylation is 1. The van der Waals surface area contributed by atoms with Crippen LogP contribution in [0.4, 0.5) is 4.39 Å². The largest absolute Gasteiger partial charge is 0.387 e. The first-order chi connectivity index (χ1) is 10.7. The molecule has 2 rings (SSSR count). The number of rotatable bonds is 5. The minimum atomic E-state index is -3.25. The van der Waals surface area contributed by atoms with Crippen LogP contribution in [-0.2, 0) is 9.84 Å². The zero-order valence-corrected chi connectivity index (χ0v) is 13.8. The number of benzene rings is 2. The molecule has 23 heavy (non-hydrogen) atoms. The second-order valence-electron chi connectivity index (χ2n) is 5.64. The van der Waals surface area contributed by atoms with Crippen molar-refractivity contribution in [3.8, 4) is 11.1 Å². The standard InChI is InChI=1S/C17H20FNO3S/c1-11-9-14(7-8-16(11)23(2,21)22)12-3-5-13(6-4-12)17(20)15(19)10-18/h3-9,15,17,20H,10,19H2,1-2H3/t15-,17-/m1/s1. The van der Waals surface area contributed by atoms with Crippen LogP contribution in [0.1, 0.15) is 17.2 Å². The maximum Gasteiger partial charge on any atom is 0.175 e. The van der Waals surface area contributed by atoms with E-state index in [4.69, 9.17) is 5.73 Å². The number of halogens is 1. The van der Waals surface area contributed by atoms with Crippen molar-refractivity contribution in [1.82, 2.24) is 0 Å². The number of sulfone groups is 1. The van der Waals surface area contributed by atoms with Crippen molar-refractivity contribution in [3.05, 3.63) is 53.6 Å². The van der Waals surface area contributed by atoms with Gasteiger partial charge in [-0.2, -0.15) is 0 Å². The van der Waals surface area contributed by atoms with Gasteiger partial charge in [0.05, 0.1) is 17.0 Å². The highest BCUT2D eigenvalue weighted by Gasteiger charge is 2.17. The predicted molar refractivity (Wildman–Crippen MR) is 88.6 cm³/mol. The highest BCUT2D eigenvalue weighted by atomic mass is 32.2. The predicted octanol–water partition coefficient (Wildman–Crippen LogP) is 2.40. The third kappa shape index (κ3) is 3.96. The van der Waals surface area contributed by atoms with Crippen LogP contribution in [0.25, 0.3) is 11.1 Å². The molecular weight excluding hydrogens is 317 g/mol. The average Bonchev–Trinajstić information content (AvgIpc) is 2.52. The summed E-state index contributed by atoms with van der Waals surface area (Å²) in [6.07, 6.45) is 0.127. The third-order valence-corrected chi connectivity index (χ3v) is 5.00. The van der Waals surface area contributed by atoms with Gasteiger partial charge in [-0.1, -0.05) is 36.4 Å². The number of alkyl halides is 1. The highest BCUT2D eigenvalue weighted by molar-refractivity contribution is 7.90. The van der Waals surface area contributed by atoms with Gasteiger partial charge in [-0.15, -0.1) is 0 Å². The van der Waals surface area contributed by atoms with E-state index in [1.807, 2.05) is 0 Å². The van der Waals surface area contributed by atoms with Crippen LogP contribution < -0.4 is 5.73 Å². The van der Waals surface area contributed by atoms with Crippen LogP contribution >= 0.6 is 0 Å². The maximum absolute atomic E-state index is 12.5. The van der Waals surface area contributed by atoms with Gasteiger partial charge in [0.25, 0.3) is 0 Å². The quantitative estimate of drug-likeness (QED) is 0.878. The summed E-state index contributed by atoms with van der Waals surface area (Å²) in [5.74, 6) is 0. The van der Waals surface area contributed by atoms with Crippen molar-refractivity contribution in [1.29, 1.82) is 0 Å². The fourth-order valence-electron chi connectivity index (χ4n) is 2.45. The van der Waals surface area contributed by atoms with Crippen LogP contribution in [0.2, 0.25) is 0 Å². The van der Waals surface area contributed by atoms with Crippen LogP contribution in [0, 0.1) is 6.92 Å². The van der Waals surface area contributed by atoms with Gasteiger partial charge in [-0.05, 0) is 35.2 Å². The zero-order chi connectivity index (χ0) is 17.2. The number of hydrogen-bond acceptors (Lipinski definition) is 4. The molecule has 0 spiro atoms. The molecule has 0 aliphatic heterocycles. The molecule has 0 aliphatic rings. The summed E-state index contributed by atoms with van der Waals surface area (Å²) in [5, 5.41) is 9.89. The Labute approximate surface area is 135 Å². The lowest BCUT2D eigenvalue weighted by Crippen LogP contribution is -2.30. The summed E-state index contributed by atoms with van der Waals surface area (Å²) in [6, 6.07) is 11.1. The van der Waals surface area contributed by atoms with Crippen LogP contribution in [-0.4, -0.2) is 32.5 Å². The smallest absolute Gasteiger partial charge is 0.175 e. The maximum atomic E-state index is 12.5. The molecular formula is C17H20FNO3S. The summed E-state index contributed by atoms with van der Waals surface area (Å²) < 4.78 is 35.8. The third-order valence-electron chi connectivity index (χ3n) is 3.74. The van der Waals surface area contributed by atoms with Crippen molar-refractivity contribution in [2.75, 3.05) is 12.9 Å². The summed E-state index contributed by atoms with van der Waals surface area (Å²) in [4.78, 5) is 0.308. The Hall–Kier alpha value is -1.76. The van der Waals surface area contributed by atoms with E-state index in [2.05, 4.69) is 0 Å². The molecule has 0 aromatic heterocycles. The average molecular weight is 337 g/mol. The molecule has 0 amide bonds. The first-order valence-electron chi connectivity index (χ1n) is 7.14. The zero-order valence-electron chi connectivity index (χ0n) is 13.0. The van der Waals surface area contributed by atoms with Crippen LogP contribution in [0.5, 0.6) is 0 Å². The van der Waals surface area contributed by atoms with Gasteiger partial charge >= 0.3 is 0 Å². The van der Waals surface area contributed by atoms with Crippen molar-refractivity contribution in [3.63, 3.8) is 0 Å². The van der Waals surface area contributed by atoms with Crippen molar-refractivity contribution in [2.45, 2.75) is 24.0 Å². The van der Waals surface area contributed by atoms with E-state index in [9.17, 15) is 17.9 Å². The van der Waals surface area contributed by atoms with E-state index in [0.29, 0.717) is 16.0 Å². The van der Waals surface area contributed by atoms with Gasteiger partial charge in [-0.25, -0.2) is 12.8 Å². The van der Waals surface area contributed by atoms with E-state index < -0.39 is 28.7 Å². The minimum Gasteiger partial charge on any atom is -0.387 e. The molecule has 3 N–H and O–H groups in total. The summed E-state index contributed by atoms with van der Waals surface area (Å²) in [6.45, 7) is 0.952. The Morgan fingerprint density at radius 2 is 1.70 bits per heavy atom. The fraction of sp³-hybridized carbons (Fsp3) is 0.294. The minimum absolute atomic E-state index is 0.308. The lowest BCUT2D eigenvalue weighted by atomic mass is 9.98. The van der Waals surface area contributed by atoms with Crippen molar-refractivity contribution in [2.24, 2.45) is 5.73 Å². The molecule has 2 aromatic carbocycles. The molecule has 0 saturated heterocycles. The Balaban J connectivity index is 2.32. The van der Waals surface area contributed by atoms with E-state index in [1.54, 1.807) is 49.4 Å². The SMILES string of the molecule is Cc1cc(-c2ccc([C@@H](O)[C@H](N)CF)cc2)ccc1S(C)(=O)=O. The Bertz CT molecular complexity index is 788. The van der Waals surface area contributed by atoms with Gasteiger partial charge in [0.1, 0.15) is 6.67 Å². The second kappa shape index (κ2) is 6.78. The summed E-state index contributed by atoms with van der Waals surface area (Å²) >= 11 is 0. The van der Waals surface area contributed by atoms with Gasteiger partial charge in [0.15, 0.2) is 9.84 Å². The lowest BCUT2D eigenvalue weighted by Gasteiger charge is -2.16. The monoisotopic (exact) mass is 337 g/mol. The summed E-state index contributed by atoms with van der Waals surface area (Å²) in [5.41, 5.74) is 8.45. The first kappa shape index (κ1) is 17.6. The number of nitrogens with two attached hydrogens (primary N) is 1. The van der Waals surface area contributed by atoms with Gasteiger partial charge in [0, 0.05) is 6.26 Å². The fourth-order valence-corrected chi connectivity index (χ4v) is 3.41. The van der Waals surface area contributed by atoms with Crippen molar-refractivity contribution >= 4 is 9.84 Å². The molecule has 0 fully saturated rings. The van der Waals surface area contributed by atoms with Crippen molar-refractivity contribution < 1.29 is 17.9 Å². The summed E-state index contributed by atoms with van der Waals surface area (Å²) in [7, 11) is -3.25. The van der Waals surface area contributed by atoms with Crippen LogP contribution in [0.15, 0.2) is 47.4 Å². The van der Waals surface area contributed by atoms with E-state index in [-0.39, 0.29) is 0 Å². The molecule has 2 aromatic rings. The van der Waals surface area contributed by atoms with E-state index in [1.165, 1.54) is 6.26 Å². The molecule has 0 unspecified atom stereocenters. The second-order valence-corrected chi connectivity index (χ2v) is 7.62. The number of hydrogen-bond donors (Lipinski definition) is 2. The van der Waals surface area contributed by atoms with Gasteiger partial charge < -0.3 is 10.8 Å². The molecule has 6 heteroatoms. The number of aliphatic hydroxyl groups is 1.